The number of thioether (sulfide) groups is 2. The predicted octanol–water partition coefficient (Wildman–Crippen LogP) is 8.32. The molecule has 2 heteroatoms. The van der Waals surface area contributed by atoms with E-state index in [0.717, 1.165) is 6.42 Å². The van der Waals surface area contributed by atoms with Gasteiger partial charge in [0.15, 0.2) is 0 Å². The lowest BCUT2D eigenvalue weighted by Gasteiger charge is -2.04. The van der Waals surface area contributed by atoms with Crippen LogP contribution >= 0.6 is 23.5 Å². The predicted molar refractivity (Wildman–Crippen MR) is 114 cm³/mol. The van der Waals surface area contributed by atoms with Crippen molar-refractivity contribution in [3.05, 3.63) is 76.7 Å². The molecule has 0 N–H and O–H groups in total. The van der Waals surface area contributed by atoms with Gasteiger partial charge >= 0.3 is 0 Å². The molecule has 0 heterocycles. The maximum absolute atomic E-state index is 3.54. The van der Waals surface area contributed by atoms with Crippen molar-refractivity contribution in [3.63, 3.8) is 0 Å². The van der Waals surface area contributed by atoms with Crippen molar-refractivity contribution in [3.8, 4) is 0 Å². The smallest absolute Gasteiger partial charge is 0.0918 e. The monoisotopic (exact) mass is 368 g/mol. The lowest BCUT2D eigenvalue weighted by atomic mass is 10.1. The van der Waals surface area contributed by atoms with Crippen LogP contribution in [0.4, 0.5) is 0 Å². The summed E-state index contributed by atoms with van der Waals surface area (Å²) in [6.45, 7) is 2.27. The molecule has 0 atom stereocenters. The van der Waals surface area contributed by atoms with Crippen molar-refractivity contribution < 1.29 is 0 Å². The van der Waals surface area contributed by atoms with E-state index in [2.05, 4.69) is 79.4 Å². The Labute approximate surface area is 161 Å². The minimum Gasteiger partial charge on any atom is -0.103 e. The molecule has 0 saturated heterocycles. The zero-order valence-electron chi connectivity index (χ0n) is 15.1. The molecule has 2 rings (SSSR count). The first-order chi connectivity index (χ1) is 12.4. The van der Waals surface area contributed by atoms with Gasteiger partial charge in [-0.2, -0.15) is 0 Å². The van der Waals surface area contributed by atoms with E-state index in [9.17, 15) is 0 Å². The second kappa shape index (κ2) is 12.9. The maximum atomic E-state index is 3.54. The quantitative estimate of drug-likeness (QED) is 0.222. The highest BCUT2D eigenvalue weighted by Gasteiger charge is 2.02. The Bertz CT molecular complexity index is 597. The van der Waals surface area contributed by atoms with Crippen LogP contribution in [0.2, 0.25) is 0 Å². The standard InChI is InChI=1S/C23H28S2/c1-2-3-4-5-6-7-8-15-20-23(24-21-16-11-9-12-17-21)25-22-18-13-10-14-19-22/h9-19H,2-8H2,1H3. The fraction of sp³-hybridized carbons (Fsp3) is 0.348. The van der Waals surface area contributed by atoms with E-state index < -0.39 is 0 Å². The number of unbranched alkanes of at least 4 members (excludes halogenated alkanes) is 6. The fourth-order valence-corrected chi connectivity index (χ4v) is 4.50. The zero-order chi connectivity index (χ0) is 17.6. The van der Waals surface area contributed by atoms with Crippen LogP contribution in [0.3, 0.4) is 0 Å². The van der Waals surface area contributed by atoms with Gasteiger partial charge in [-0.25, -0.2) is 0 Å². The molecule has 25 heavy (non-hydrogen) atoms. The third-order valence-corrected chi connectivity index (χ3v) is 5.95. The Balaban J connectivity index is 1.92. The van der Waals surface area contributed by atoms with Gasteiger partial charge in [-0.3, -0.25) is 0 Å². The van der Waals surface area contributed by atoms with Crippen molar-refractivity contribution in [2.24, 2.45) is 0 Å². The van der Waals surface area contributed by atoms with Crippen molar-refractivity contribution in [1.82, 2.24) is 0 Å². The van der Waals surface area contributed by atoms with Gasteiger partial charge in [-0.15, -0.1) is 5.73 Å². The van der Waals surface area contributed by atoms with Crippen LogP contribution in [0.15, 0.2) is 86.5 Å². The fourth-order valence-electron chi connectivity index (χ4n) is 2.45. The molecular formula is C23H28S2. The van der Waals surface area contributed by atoms with Gasteiger partial charge in [0.1, 0.15) is 0 Å². The Morgan fingerprint density at radius 2 is 1.28 bits per heavy atom. The first-order valence-electron chi connectivity index (χ1n) is 9.29. The third kappa shape index (κ3) is 9.07. The molecular weight excluding hydrogens is 340 g/mol. The highest BCUT2D eigenvalue weighted by atomic mass is 32.2. The molecule has 0 unspecified atom stereocenters. The number of allylic oxidation sites excluding steroid dienone is 1. The van der Waals surface area contributed by atoms with Crippen LogP contribution in [-0.2, 0) is 0 Å². The van der Waals surface area contributed by atoms with E-state index in [1.54, 1.807) is 23.5 Å². The topological polar surface area (TPSA) is 0 Å². The number of rotatable bonds is 11. The molecule has 2 aromatic carbocycles. The Morgan fingerprint density at radius 1 is 0.760 bits per heavy atom. The minimum absolute atomic E-state index is 1.13. The average Bonchev–Trinajstić information content (AvgIpc) is 2.65. The van der Waals surface area contributed by atoms with Gasteiger partial charge < -0.3 is 0 Å². The number of benzene rings is 2. The molecule has 0 aliphatic rings. The van der Waals surface area contributed by atoms with E-state index in [0.29, 0.717) is 0 Å². The molecule has 0 nitrogen and oxygen atoms in total. The molecule has 0 fully saturated rings. The summed E-state index contributed by atoms with van der Waals surface area (Å²) in [6.07, 6.45) is 11.4. The van der Waals surface area contributed by atoms with E-state index in [1.165, 1.54) is 52.6 Å². The van der Waals surface area contributed by atoms with Crippen LogP contribution in [-0.4, -0.2) is 0 Å². The van der Waals surface area contributed by atoms with E-state index in [-0.39, 0.29) is 0 Å². The van der Waals surface area contributed by atoms with Gasteiger partial charge in [-0.1, -0.05) is 98.9 Å². The maximum Gasteiger partial charge on any atom is 0.0918 e. The number of hydrogen-bond acceptors (Lipinski definition) is 2. The largest absolute Gasteiger partial charge is 0.103 e. The van der Waals surface area contributed by atoms with E-state index >= 15 is 0 Å². The molecule has 0 aromatic heterocycles. The van der Waals surface area contributed by atoms with Crippen LogP contribution in [0, 0.1) is 0 Å². The second-order valence-corrected chi connectivity index (χ2v) is 8.45. The molecule has 0 amide bonds. The zero-order valence-corrected chi connectivity index (χ0v) is 16.8. The molecule has 0 saturated carbocycles. The van der Waals surface area contributed by atoms with Gasteiger partial charge in [-0.05, 0) is 43.2 Å². The van der Waals surface area contributed by atoms with Gasteiger partial charge in [0.2, 0.25) is 0 Å². The summed E-state index contributed by atoms with van der Waals surface area (Å²) in [5.74, 6) is 0. The highest BCUT2D eigenvalue weighted by molar-refractivity contribution is 8.22. The molecule has 0 radical (unpaired) electrons. The molecule has 0 spiro atoms. The van der Waals surface area contributed by atoms with Crippen molar-refractivity contribution in [1.29, 1.82) is 0 Å². The highest BCUT2D eigenvalue weighted by Crippen LogP contribution is 2.38. The average molecular weight is 369 g/mol. The summed E-state index contributed by atoms with van der Waals surface area (Å²) in [7, 11) is 0. The minimum atomic E-state index is 1.13. The summed E-state index contributed by atoms with van der Waals surface area (Å²) in [4.78, 5) is 2.53. The Morgan fingerprint density at radius 3 is 1.84 bits per heavy atom. The molecule has 0 aliphatic carbocycles. The lowest BCUT2D eigenvalue weighted by Crippen LogP contribution is -1.77. The van der Waals surface area contributed by atoms with Crippen molar-refractivity contribution >= 4 is 23.5 Å². The summed E-state index contributed by atoms with van der Waals surface area (Å²) in [6, 6.07) is 21.1. The van der Waals surface area contributed by atoms with Crippen LogP contribution in [0.25, 0.3) is 0 Å². The van der Waals surface area contributed by atoms with E-state index in [1.807, 2.05) is 0 Å². The van der Waals surface area contributed by atoms with E-state index in [4.69, 9.17) is 0 Å². The summed E-state index contributed by atoms with van der Waals surface area (Å²) in [5, 5.41) is 0. The summed E-state index contributed by atoms with van der Waals surface area (Å²) in [5.41, 5.74) is 3.54. The second-order valence-electron chi connectivity index (χ2n) is 6.02. The summed E-state index contributed by atoms with van der Waals surface area (Å²) >= 11 is 3.59. The van der Waals surface area contributed by atoms with Crippen LogP contribution in [0.5, 0.6) is 0 Å². The van der Waals surface area contributed by atoms with Crippen LogP contribution < -0.4 is 0 Å². The van der Waals surface area contributed by atoms with Gasteiger partial charge in [0.05, 0.1) is 4.24 Å². The first kappa shape index (κ1) is 20.0. The molecule has 0 bridgehead atoms. The molecule has 132 valence electrons. The normalized spacial score (nSPS) is 10.3. The first-order valence-corrected chi connectivity index (χ1v) is 10.9. The van der Waals surface area contributed by atoms with Crippen molar-refractivity contribution in [2.75, 3.05) is 0 Å². The summed E-state index contributed by atoms with van der Waals surface area (Å²) < 4.78 is 1.21. The van der Waals surface area contributed by atoms with Crippen molar-refractivity contribution in [2.45, 2.75) is 61.7 Å². The SMILES string of the molecule is CCCCCCCCC=C=C(Sc1ccccc1)Sc1ccccc1. The molecule has 0 aliphatic heterocycles. The van der Waals surface area contributed by atoms with Crippen LogP contribution in [0.1, 0.15) is 51.9 Å². The Kier molecular flexibility index (Phi) is 10.3. The van der Waals surface area contributed by atoms with Gasteiger partial charge in [0.25, 0.3) is 0 Å². The number of hydrogen-bond donors (Lipinski definition) is 0. The molecule has 2 aromatic rings. The third-order valence-electron chi connectivity index (χ3n) is 3.83. The van der Waals surface area contributed by atoms with Gasteiger partial charge in [0, 0.05) is 9.79 Å². The Hall–Kier alpha value is -1.34. The lowest BCUT2D eigenvalue weighted by molar-refractivity contribution is 0.611.